The van der Waals surface area contributed by atoms with Gasteiger partial charge in [-0.05, 0) is 58.5 Å². The smallest absolute Gasteiger partial charge is 0.284 e. The first-order chi connectivity index (χ1) is 19.5. The van der Waals surface area contributed by atoms with E-state index in [0.29, 0.717) is 5.56 Å². The molecule has 208 valence electrons. The van der Waals surface area contributed by atoms with E-state index in [1.807, 2.05) is 29.0 Å². The number of nitrogens with zero attached hydrogens (tertiary/aromatic N) is 4. The predicted molar refractivity (Wildman–Crippen MR) is 145 cm³/mol. The second-order valence-electron chi connectivity index (χ2n) is 9.51. The van der Waals surface area contributed by atoms with E-state index in [1.54, 1.807) is 12.4 Å². The van der Waals surface area contributed by atoms with Crippen molar-refractivity contribution in [3.8, 4) is 33.9 Å². The molecule has 6 rings (SSSR count). The Balaban J connectivity index is 1.39. The molecule has 8 nitrogen and oxygen atoms in total. The van der Waals surface area contributed by atoms with Crippen LogP contribution in [0.15, 0.2) is 90.2 Å². The molecule has 12 heteroatoms. The van der Waals surface area contributed by atoms with Crippen molar-refractivity contribution < 1.29 is 26.4 Å². The van der Waals surface area contributed by atoms with Crippen molar-refractivity contribution in [3.63, 3.8) is 0 Å². The number of benzene rings is 3. The van der Waals surface area contributed by atoms with Crippen LogP contribution in [0, 0.1) is 0 Å². The molecule has 0 spiro atoms. The van der Waals surface area contributed by atoms with Gasteiger partial charge in [0.15, 0.2) is 5.69 Å². The first-order valence-corrected chi connectivity index (χ1v) is 14.1. The number of carbonyl (C=O) groups excluding carboxylic acids is 1. The lowest BCUT2D eigenvalue weighted by atomic mass is 9.98. The third-order valence-corrected chi connectivity index (χ3v) is 8.31. The summed E-state index contributed by atoms with van der Waals surface area (Å²) in [5, 5.41) is 4.34. The summed E-state index contributed by atoms with van der Waals surface area (Å²) < 4.78 is 70.4. The number of carbonyl (C=O) groups is 1. The van der Waals surface area contributed by atoms with Crippen LogP contribution in [0.25, 0.3) is 33.9 Å². The largest absolute Gasteiger partial charge is 0.434 e. The van der Waals surface area contributed by atoms with Crippen LogP contribution in [0.2, 0.25) is 0 Å². The van der Waals surface area contributed by atoms with E-state index in [1.165, 1.54) is 46.0 Å². The zero-order valence-electron chi connectivity index (χ0n) is 21.6. The Morgan fingerprint density at radius 1 is 0.951 bits per heavy atom. The molecule has 2 heterocycles. The highest BCUT2D eigenvalue weighted by Gasteiger charge is 2.35. The fourth-order valence-corrected chi connectivity index (χ4v) is 5.98. The standard InChI is InChI=1S/C29H22F3N5O3S/c1-2-27(38)35-41(39,40)21-12-10-20(11-13-21)36-17-26(29(30,31)32)34-28(36)37-16-19(15-33-37)23-8-5-9-24-22-7-4-3-6-18(22)14-25(23)24/h3-13,15-17H,2,14H2,1H3,(H,35,38). The number of hydrogen-bond acceptors (Lipinski definition) is 5. The molecule has 0 atom stereocenters. The van der Waals surface area contributed by atoms with Gasteiger partial charge < -0.3 is 0 Å². The molecule has 1 aliphatic carbocycles. The fourth-order valence-electron chi connectivity index (χ4n) is 4.92. The molecule has 0 aliphatic heterocycles. The minimum atomic E-state index is -4.73. The first kappa shape index (κ1) is 26.5. The molecule has 1 aliphatic rings. The van der Waals surface area contributed by atoms with Gasteiger partial charge in [-0.1, -0.05) is 49.4 Å². The zero-order chi connectivity index (χ0) is 28.9. The van der Waals surface area contributed by atoms with Gasteiger partial charge in [0, 0.05) is 30.1 Å². The van der Waals surface area contributed by atoms with Crippen molar-refractivity contribution >= 4 is 15.9 Å². The van der Waals surface area contributed by atoms with Gasteiger partial charge in [-0.3, -0.25) is 9.36 Å². The summed E-state index contributed by atoms with van der Waals surface area (Å²) in [6.07, 6.45) is 0.00742. The van der Waals surface area contributed by atoms with Crippen LogP contribution in [0.4, 0.5) is 13.2 Å². The highest BCUT2D eigenvalue weighted by molar-refractivity contribution is 7.90. The summed E-state index contributed by atoms with van der Waals surface area (Å²) >= 11 is 0. The third kappa shape index (κ3) is 4.80. The van der Waals surface area contributed by atoms with Crippen LogP contribution >= 0.6 is 0 Å². The molecular weight excluding hydrogens is 555 g/mol. The molecule has 1 amide bonds. The number of alkyl halides is 3. The van der Waals surface area contributed by atoms with Crippen molar-refractivity contribution in [3.05, 3.63) is 102 Å². The average Bonchev–Trinajstić information content (AvgIpc) is 3.69. The summed E-state index contributed by atoms with van der Waals surface area (Å²) in [7, 11) is -4.13. The molecule has 0 fully saturated rings. The fraction of sp³-hybridized carbons (Fsp3) is 0.138. The van der Waals surface area contributed by atoms with Gasteiger partial charge in [0.1, 0.15) is 0 Å². The van der Waals surface area contributed by atoms with E-state index in [2.05, 4.69) is 28.3 Å². The van der Waals surface area contributed by atoms with E-state index < -0.39 is 27.8 Å². The molecule has 0 unspecified atom stereocenters. The maximum atomic E-state index is 13.7. The molecule has 5 aromatic rings. The molecule has 0 saturated heterocycles. The Kier molecular flexibility index (Phi) is 6.29. The summed E-state index contributed by atoms with van der Waals surface area (Å²) in [6.45, 7) is 1.51. The van der Waals surface area contributed by atoms with Crippen molar-refractivity contribution in [2.45, 2.75) is 30.8 Å². The molecule has 0 radical (unpaired) electrons. The third-order valence-electron chi connectivity index (χ3n) is 6.92. The Morgan fingerprint density at radius 3 is 2.39 bits per heavy atom. The monoisotopic (exact) mass is 577 g/mol. The van der Waals surface area contributed by atoms with Crippen LogP contribution in [-0.2, 0) is 27.4 Å². The second kappa shape index (κ2) is 9.73. The van der Waals surface area contributed by atoms with Crippen molar-refractivity contribution in [1.29, 1.82) is 0 Å². The molecule has 3 aromatic carbocycles. The number of nitrogens with one attached hydrogen (secondary N) is 1. The Bertz CT molecular complexity index is 1910. The Labute approximate surface area is 233 Å². The number of hydrogen-bond donors (Lipinski definition) is 1. The highest BCUT2D eigenvalue weighted by atomic mass is 32.2. The minimum Gasteiger partial charge on any atom is -0.284 e. The van der Waals surface area contributed by atoms with Gasteiger partial charge in [0.2, 0.25) is 11.9 Å². The quantitative estimate of drug-likeness (QED) is 0.281. The van der Waals surface area contributed by atoms with E-state index in [0.717, 1.165) is 34.9 Å². The number of imidazole rings is 1. The van der Waals surface area contributed by atoms with Gasteiger partial charge in [-0.25, -0.2) is 22.8 Å². The van der Waals surface area contributed by atoms with E-state index in [9.17, 15) is 26.4 Å². The number of sulfonamides is 1. The summed E-state index contributed by atoms with van der Waals surface area (Å²) in [5.41, 5.74) is 5.30. The predicted octanol–water partition coefficient (Wildman–Crippen LogP) is 5.53. The molecule has 41 heavy (non-hydrogen) atoms. The van der Waals surface area contributed by atoms with Gasteiger partial charge in [0.25, 0.3) is 10.0 Å². The van der Waals surface area contributed by atoms with Gasteiger partial charge in [-0.2, -0.15) is 18.3 Å². The lowest BCUT2D eigenvalue weighted by molar-refractivity contribution is -0.140. The van der Waals surface area contributed by atoms with Gasteiger partial charge >= 0.3 is 6.18 Å². The molecule has 0 saturated carbocycles. The van der Waals surface area contributed by atoms with Crippen molar-refractivity contribution in [2.24, 2.45) is 0 Å². The minimum absolute atomic E-state index is 0.0273. The Hall–Kier alpha value is -4.71. The normalized spacial score (nSPS) is 12.7. The van der Waals surface area contributed by atoms with Gasteiger partial charge in [-0.15, -0.1) is 0 Å². The van der Waals surface area contributed by atoms with E-state index in [-0.39, 0.29) is 23.0 Å². The molecule has 1 N–H and O–H groups in total. The average molecular weight is 578 g/mol. The lowest BCUT2D eigenvalue weighted by Gasteiger charge is -2.10. The van der Waals surface area contributed by atoms with Gasteiger partial charge in [0.05, 0.1) is 11.1 Å². The maximum absolute atomic E-state index is 13.7. The van der Waals surface area contributed by atoms with E-state index in [4.69, 9.17) is 0 Å². The SMILES string of the molecule is CCC(=O)NS(=O)(=O)c1ccc(-n2cc(C(F)(F)F)nc2-n2cc(-c3cccc4c3Cc3ccccc3-4)cn2)cc1. The second-order valence-corrected chi connectivity index (χ2v) is 11.2. The highest BCUT2D eigenvalue weighted by Crippen LogP contribution is 2.41. The van der Waals surface area contributed by atoms with Crippen LogP contribution < -0.4 is 4.72 Å². The van der Waals surface area contributed by atoms with Crippen molar-refractivity contribution in [1.82, 2.24) is 24.1 Å². The topological polar surface area (TPSA) is 98.9 Å². The lowest BCUT2D eigenvalue weighted by Crippen LogP contribution is -2.29. The summed E-state index contributed by atoms with van der Waals surface area (Å²) in [4.78, 5) is 15.2. The van der Waals surface area contributed by atoms with Crippen molar-refractivity contribution in [2.75, 3.05) is 0 Å². The molecule has 0 bridgehead atoms. The molecular formula is C29H22F3N5O3S. The number of halogens is 3. The van der Waals surface area contributed by atoms with Crippen LogP contribution in [0.1, 0.15) is 30.2 Å². The summed E-state index contributed by atoms with van der Waals surface area (Å²) in [5.74, 6) is -0.808. The zero-order valence-corrected chi connectivity index (χ0v) is 22.4. The van der Waals surface area contributed by atoms with Crippen LogP contribution in [0.3, 0.4) is 0 Å². The Morgan fingerprint density at radius 2 is 1.66 bits per heavy atom. The maximum Gasteiger partial charge on any atom is 0.434 e. The first-order valence-electron chi connectivity index (χ1n) is 12.6. The number of amides is 1. The number of fused-ring (bicyclic) bond motifs is 3. The summed E-state index contributed by atoms with van der Waals surface area (Å²) in [6, 6.07) is 19.1. The molecule has 2 aromatic heterocycles. The van der Waals surface area contributed by atoms with Crippen LogP contribution in [-0.4, -0.2) is 33.7 Å². The van der Waals surface area contributed by atoms with E-state index >= 15 is 0 Å². The number of aromatic nitrogens is 4. The number of rotatable bonds is 6. The van der Waals surface area contributed by atoms with Crippen LogP contribution in [0.5, 0.6) is 0 Å².